The van der Waals surface area contributed by atoms with E-state index in [4.69, 9.17) is 28.4 Å². The average Bonchev–Trinajstić information content (AvgIpc) is 2.30. The van der Waals surface area contributed by atoms with Gasteiger partial charge in [0.05, 0.1) is 0 Å². The number of thiocarbonyl (C=S) groups is 1. The highest BCUT2D eigenvalue weighted by atomic mass is 32.1. The number of amides is 3. The van der Waals surface area contributed by atoms with E-state index < -0.39 is 18.0 Å². The normalized spacial score (nSPS) is 11.5. The molecule has 0 fully saturated rings. The zero-order chi connectivity index (χ0) is 14.6. The molecule has 0 aliphatic rings. The number of primary amides is 1. The molecular formula is C12H15N3O3S. The molecule has 0 aliphatic carbocycles. The van der Waals surface area contributed by atoms with Crippen LogP contribution in [0.2, 0.25) is 0 Å². The van der Waals surface area contributed by atoms with Crippen LogP contribution in [0.3, 0.4) is 0 Å². The summed E-state index contributed by atoms with van der Waals surface area (Å²) < 4.78 is 5.46. The number of imide groups is 1. The Morgan fingerprint density at radius 1 is 1.37 bits per heavy atom. The monoisotopic (exact) mass is 281 g/mol. The van der Waals surface area contributed by atoms with Gasteiger partial charge >= 0.3 is 6.03 Å². The number of hydrogen-bond donors (Lipinski definition) is 3. The molecule has 0 radical (unpaired) electrons. The SMILES string of the molecule is Cc1ccc(C(N)=S)cc1OC(C)C(=O)NC(N)=O. The third kappa shape index (κ3) is 4.22. The summed E-state index contributed by atoms with van der Waals surface area (Å²) in [6.45, 7) is 3.32. The minimum atomic E-state index is -0.922. The largest absolute Gasteiger partial charge is 0.481 e. The molecule has 102 valence electrons. The maximum absolute atomic E-state index is 11.5. The summed E-state index contributed by atoms with van der Waals surface area (Å²) in [5, 5.41) is 1.94. The second kappa shape index (κ2) is 6.14. The van der Waals surface area contributed by atoms with Crippen molar-refractivity contribution >= 4 is 29.1 Å². The number of ether oxygens (including phenoxy) is 1. The Kier molecular flexibility index (Phi) is 4.82. The molecule has 0 bridgehead atoms. The Morgan fingerprint density at radius 2 is 2.00 bits per heavy atom. The third-order valence-electron chi connectivity index (χ3n) is 2.39. The number of rotatable bonds is 4. The van der Waals surface area contributed by atoms with Gasteiger partial charge in [-0.15, -0.1) is 0 Å². The summed E-state index contributed by atoms with van der Waals surface area (Å²) in [7, 11) is 0. The van der Waals surface area contributed by atoms with Gasteiger partial charge in [-0.1, -0.05) is 24.4 Å². The van der Waals surface area contributed by atoms with E-state index in [2.05, 4.69) is 0 Å². The standard InChI is InChI=1S/C12H15N3O3S/c1-6-3-4-8(10(13)19)5-9(6)18-7(2)11(16)15-12(14)17/h3-5,7H,1-2H3,(H2,13,19)(H3,14,15,16,17). The molecule has 1 atom stereocenters. The average molecular weight is 281 g/mol. The Balaban J connectivity index is 2.86. The highest BCUT2D eigenvalue weighted by Crippen LogP contribution is 2.21. The molecule has 5 N–H and O–H groups in total. The van der Waals surface area contributed by atoms with Gasteiger partial charge in [0, 0.05) is 5.56 Å². The minimum absolute atomic E-state index is 0.235. The molecule has 0 saturated carbocycles. The maximum Gasteiger partial charge on any atom is 0.318 e. The molecule has 19 heavy (non-hydrogen) atoms. The predicted molar refractivity (Wildman–Crippen MR) is 74.9 cm³/mol. The van der Waals surface area contributed by atoms with Gasteiger partial charge < -0.3 is 16.2 Å². The molecular weight excluding hydrogens is 266 g/mol. The summed E-state index contributed by atoms with van der Waals surface area (Å²) >= 11 is 4.87. The Labute approximate surface area is 116 Å². The fourth-order valence-corrected chi connectivity index (χ4v) is 1.47. The minimum Gasteiger partial charge on any atom is -0.481 e. The van der Waals surface area contributed by atoms with Crippen LogP contribution in [0.25, 0.3) is 0 Å². The molecule has 0 aromatic heterocycles. The second-order valence-corrected chi connectivity index (χ2v) is 4.40. The van der Waals surface area contributed by atoms with Crippen LogP contribution in [0.4, 0.5) is 4.79 Å². The van der Waals surface area contributed by atoms with E-state index in [9.17, 15) is 9.59 Å². The van der Waals surface area contributed by atoms with Crippen LogP contribution in [0, 0.1) is 6.92 Å². The van der Waals surface area contributed by atoms with Crippen molar-refractivity contribution in [1.29, 1.82) is 0 Å². The molecule has 0 aliphatic heterocycles. The first-order valence-corrected chi connectivity index (χ1v) is 5.89. The lowest BCUT2D eigenvalue weighted by atomic mass is 10.1. The lowest BCUT2D eigenvalue weighted by Gasteiger charge is -2.16. The molecule has 1 rings (SSSR count). The number of nitrogens with one attached hydrogen (secondary N) is 1. The quantitative estimate of drug-likeness (QED) is 0.700. The fraction of sp³-hybridized carbons (Fsp3) is 0.250. The zero-order valence-corrected chi connectivity index (χ0v) is 11.4. The van der Waals surface area contributed by atoms with Gasteiger partial charge in [-0.3, -0.25) is 10.1 Å². The van der Waals surface area contributed by atoms with Crippen molar-refractivity contribution in [1.82, 2.24) is 5.32 Å². The van der Waals surface area contributed by atoms with E-state index in [0.717, 1.165) is 5.56 Å². The second-order valence-electron chi connectivity index (χ2n) is 3.96. The molecule has 0 saturated heterocycles. The van der Waals surface area contributed by atoms with Gasteiger partial charge in [0.15, 0.2) is 6.10 Å². The highest BCUT2D eigenvalue weighted by molar-refractivity contribution is 7.80. The number of benzene rings is 1. The summed E-state index contributed by atoms with van der Waals surface area (Å²) in [6, 6.07) is 4.27. The lowest BCUT2D eigenvalue weighted by molar-refractivity contribution is -0.126. The molecule has 0 spiro atoms. The molecule has 7 heteroatoms. The maximum atomic E-state index is 11.5. The van der Waals surface area contributed by atoms with E-state index in [1.165, 1.54) is 6.92 Å². The van der Waals surface area contributed by atoms with Gasteiger partial charge in [0.1, 0.15) is 10.7 Å². The van der Waals surface area contributed by atoms with Gasteiger partial charge in [-0.05, 0) is 25.5 Å². The molecule has 1 aromatic carbocycles. The van der Waals surface area contributed by atoms with E-state index in [1.807, 2.05) is 12.2 Å². The Morgan fingerprint density at radius 3 is 2.53 bits per heavy atom. The number of hydrogen-bond acceptors (Lipinski definition) is 4. The van der Waals surface area contributed by atoms with Gasteiger partial charge in [-0.2, -0.15) is 0 Å². The van der Waals surface area contributed by atoms with Crippen molar-refractivity contribution in [2.75, 3.05) is 0 Å². The van der Waals surface area contributed by atoms with Crippen LogP contribution >= 0.6 is 12.2 Å². The summed E-state index contributed by atoms with van der Waals surface area (Å²) in [5.74, 6) is -0.148. The third-order valence-corrected chi connectivity index (χ3v) is 2.63. The number of urea groups is 1. The van der Waals surface area contributed by atoms with Crippen LogP contribution in [-0.2, 0) is 4.79 Å². The topological polar surface area (TPSA) is 107 Å². The first-order valence-electron chi connectivity index (χ1n) is 5.48. The first-order chi connectivity index (χ1) is 8.81. The predicted octanol–water partition coefficient (Wildman–Crippen LogP) is 0.591. The van der Waals surface area contributed by atoms with Crippen LogP contribution in [0.15, 0.2) is 18.2 Å². The molecule has 6 nitrogen and oxygen atoms in total. The zero-order valence-electron chi connectivity index (χ0n) is 10.6. The van der Waals surface area contributed by atoms with Crippen LogP contribution in [0.1, 0.15) is 18.1 Å². The Hall–Kier alpha value is -2.15. The van der Waals surface area contributed by atoms with Crippen molar-refractivity contribution in [3.8, 4) is 5.75 Å². The van der Waals surface area contributed by atoms with Crippen LogP contribution in [0.5, 0.6) is 5.75 Å². The van der Waals surface area contributed by atoms with Crippen molar-refractivity contribution in [3.05, 3.63) is 29.3 Å². The van der Waals surface area contributed by atoms with Crippen molar-refractivity contribution in [3.63, 3.8) is 0 Å². The molecule has 3 amide bonds. The number of aryl methyl sites for hydroxylation is 1. The van der Waals surface area contributed by atoms with E-state index in [1.54, 1.807) is 18.2 Å². The summed E-state index contributed by atoms with van der Waals surface area (Å²) in [5.41, 5.74) is 11.8. The number of nitrogens with two attached hydrogens (primary N) is 2. The molecule has 0 heterocycles. The lowest BCUT2D eigenvalue weighted by Crippen LogP contribution is -2.42. The van der Waals surface area contributed by atoms with Gasteiger partial charge in [0.2, 0.25) is 0 Å². The highest BCUT2D eigenvalue weighted by Gasteiger charge is 2.17. The number of carbonyl (C=O) groups is 2. The fourth-order valence-electron chi connectivity index (χ4n) is 1.35. The summed E-state index contributed by atoms with van der Waals surface area (Å²) in [6.07, 6.45) is -0.868. The van der Waals surface area contributed by atoms with Gasteiger partial charge in [0.25, 0.3) is 5.91 Å². The van der Waals surface area contributed by atoms with Crippen molar-refractivity contribution < 1.29 is 14.3 Å². The smallest absolute Gasteiger partial charge is 0.318 e. The Bertz CT molecular complexity index is 531. The van der Waals surface area contributed by atoms with Crippen LogP contribution in [-0.4, -0.2) is 23.0 Å². The van der Waals surface area contributed by atoms with E-state index in [-0.39, 0.29) is 4.99 Å². The molecule has 1 aromatic rings. The van der Waals surface area contributed by atoms with Gasteiger partial charge in [-0.25, -0.2) is 4.79 Å². The molecule has 1 unspecified atom stereocenters. The number of carbonyl (C=O) groups excluding carboxylic acids is 2. The van der Waals surface area contributed by atoms with E-state index in [0.29, 0.717) is 11.3 Å². The van der Waals surface area contributed by atoms with E-state index >= 15 is 0 Å². The first kappa shape index (κ1) is 14.9. The van der Waals surface area contributed by atoms with Crippen molar-refractivity contribution in [2.24, 2.45) is 11.5 Å². The van der Waals surface area contributed by atoms with Crippen LogP contribution < -0.4 is 21.5 Å². The summed E-state index contributed by atoms with van der Waals surface area (Å²) in [4.78, 5) is 22.3. The van der Waals surface area contributed by atoms with Crippen molar-refractivity contribution in [2.45, 2.75) is 20.0 Å².